The minimum atomic E-state index is -1.56. The van der Waals surface area contributed by atoms with Crippen LogP contribution in [-0.4, -0.2) is 39.2 Å². The van der Waals surface area contributed by atoms with Crippen LogP contribution in [0.2, 0.25) is 0 Å². The first-order valence-corrected chi connectivity index (χ1v) is 7.86. The molecule has 2 aliphatic rings. The molecule has 2 aliphatic carbocycles. The van der Waals surface area contributed by atoms with Gasteiger partial charge in [0, 0.05) is 12.5 Å². The van der Waals surface area contributed by atoms with Gasteiger partial charge in [-0.05, 0) is 48.5 Å². The summed E-state index contributed by atoms with van der Waals surface area (Å²) in [5.41, 5.74) is 0.796. The van der Waals surface area contributed by atoms with Gasteiger partial charge in [0.25, 0.3) is 0 Å². The molecule has 0 radical (unpaired) electrons. The Labute approximate surface area is 141 Å². The summed E-state index contributed by atoms with van der Waals surface area (Å²) < 4.78 is 14.4. The first-order valence-electron chi connectivity index (χ1n) is 7.86. The monoisotopic (exact) mass is 334 g/mol. The van der Waals surface area contributed by atoms with Crippen molar-refractivity contribution in [2.45, 2.75) is 32.1 Å². The van der Waals surface area contributed by atoms with Crippen LogP contribution < -0.4 is 0 Å². The van der Waals surface area contributed by atoms with Crippen molar-refractivity contribution in [3.63, 3.8) is 0 Å². The highest BCUT2D eigenvalue weighted by atomic mass is 16.5. The predicted molar refractivity (Wildman–Crippen MR) is 85.8 cm³/mol. The second kappa shape index (κ2) is 7.47. The maximum atomic E-state index is 12.3. The zero-order valence-corrected chi connectivity index (χ0v) is 14.2. The summed E-state index contributed by atoms with van der Waals surface area (Å²) in [5.74, 6) is -1.93. The molecule has 0 aliphatic heterocycles. The number of esters is 3. The van der Waals surface area contributed by atoms with Crippen LogP contribution in [0.15, 0.2) is 34.9 Å². The number of rotatable bonds is 4. The number of ether oxygens (including phenoxy) is 3. The van der Waals surface area contributed by atoms with E-state index in [-0.39, 0.29) is 6.42 Å². The first-order chi connectivity index (χ1) is 11.5. The summed E-state index contributed by atoms with van der Waals surface area (Å²) in [4.78, 5) is 36.4. The van der Waals surface area contributed by atoms with E-state index >= 15 is 0 Å². The molecule has 0 spiro atoms. The van der Waals surface area contributed by atoms with Gasteiger partial charge in [0.15, 0.2) is 5.41 Å². The Kier molecular flexibility index (Phi) is 5.59. The summed E-state index contributed by atoms with van der Waals surface area (Å²) in [6, 6.07) is 0. The fourth-order valence-electron chi connectivity index (χ4n) is 3.21. The Morgan fingerprint density at radius 3 is 2.21 bits per heavy atom. The third-order valence-corrected chi connectivity index (χ3v) is 4.44. The lowest BCUT2D eigenvalue weighted by atomic mass is 9.86. The molecule has 6 heteroatoms. The summed E-state index contributed by atoms with van der Waals surface area (Å²) in [6.45, 7) is 0. The number of hydrogen-bond donors (Lipinski definition) is 0. The van der Waals surface area contributed by atoms with Gasteiger partial charge < -0.3 is 14.2 Å². The van der Waals surface area contributed by atoms with Crippen molar-refractivity contribution in [3.05, 3.63) is 34.9 Å². The minimum Gasteiger partial charge on any atom is -0.468 e. The van der Waals surface area contributed by atoms with Gasteiger partial charge in [0.05, 0.1) is 21.3 Å². The van der Waals surface area contributed by atoms with Gasteiger partial charge in [-0.2, -0.15) is 0 Å². The Morgan fingerprint density at radius 2 is 1.71 bits per heavy atom. The van der Waals surface area contributed by atoms with E-state index in [9.17, 15) is 14.4 Å². The third kappa shape index (κ3) is 3.27. The Balaban J connectivity index is 2.55. The van der Waals surface area contributed by atoms with Gasteiger partial charge in [-0.1, -0.05) is 6.08 Å². The summed E-state index contributed by atoms with van der Waals surface area (Å²) in [5, 5.41) is 0. The molecule has 130 valence electrons. The van der Waals surface area contributed by atoms with E-state index in [0.717, 1.165) is 36.8 Å². The van der Waals surface area contributed by atoms with Crippen molar-refractivity contribution < 1.29 is 28.6 Å². The highest BCUT2D eigenvalue weighted by molar-refractivity contribution is 6.04. The Hall–Kier alpha value is -2.37. The van der Waals surface area contributed by atoms with Crippen molar-refractivity contribution in [2.24, 2.45) is 5.41 Å². The average Bonchev–Trinajstić information content (AvgIpc) is 3.01. The normalized spacial score (nSPS) is 20.9. The van der Waals surface area contributed by atoms with Crippen LogP contribution in [0.5, 0.6) is 0 Å². The minimum absolute atomic E-state index is 0.0219. The van der Waals surface area contributed by atoms with Crippen molar-refractivity contribution in [3.8, 4) is 0 Å². The first kappa shape index (κ1) is 18.0. The largest absolute Gasteiger partial charge is 0.468 e. The molecule has 0 fully saturated rings. The molecule has 0 saturated heterocycles. The molecule has 0 amide bonds. The van der Waals surface area contributed by atoms with Gasteiger partial charge in [-0.15, -0.1) is 0 Å². The lowest BCUT2D eigenvalue weighted by Gasteiger charge is -2.20. The summed E-state index contributed by atoms with van der Waals surface area (Å²) >= 11 is 0. The number of carbonyl (C=O) groups is 3. The van der Waals surface area contributed by atoms with Gasteiger partial charge in [0.2, 0.25) is 0 Å². The molecular formula is C18H22O6. The van der Waals surface area contributed by atoms with Crippen LogP contribution in [0.1, 0.15) is 32.1 Å². The van der Waals surface area contributed by atoms with E-state index in [1.807, 2.05) is 0 Å². The Bertz CT molecular complexity index is 622. The topological polar surface area (TPSA) is 78.9 Å². The van der Waals surface area contributed by atoms with E-state index in [1.165, 1.54) is 27.4 Å². The molecular weight excluding hydrogens is 312 g/mol. The van der Waals surface area contributed by atoms with Gasteiger partial charge in [0.1, 0.15) is 0 Å². The molecule has 0 saturated carbocycles. The van der Waals surface area contributed by atoms with E-state index in [4.69, 9.17) is 14.2 Å². The molecule has 0 N–H and O–H groups in total. The van der Waals surface area contributed by atoms with Crippen LogP contribution in [0.3, 0.4) is 0 Å². The number of allylic oxidation sites excluding steroid dienone is 4. The zero-order chi connectivity index (χ0) is 17.7. The summed E-state index contributed by atoms with van der Waals surface area (Å²) in [6.07, 6.45) is 8.92. The highest BCUT2D eigenvalue weighted by Gasteiger charge is 2.51. The van der Waals surface area contributed by atoms with Gasteiger partial charge >= 0.3 is 17.9 Å². The van der Waals surface area contributed by atoms with Crippen molar-refractivity contribution in [1.29, 1.82) is 0 Å². The maximum absolute atomic E-state index is 12.3. The van der Waals surface area contributed by atoms with E-state index < -0.39 is 23.3 Å². The number of hydrogen-bond acceptors (Lipinski definition) is 6. The summed E-state index contributed by atoms with van der Waals surface area (Å²) in [7, 11) is 3.73. The molecule has 0 aromatic carbocycles. The molecule has 0 aromatic rings. The van der Waals surface area contributed by atoms with Crippen molar-refractivity contribution >= 4 is 17.9 Å². The van der Waals surface area contributed by atoms with Crippen LogP contribution in [0.25, 0.3) is 0 Å². The fourth-order valence-corrected chi connectivity index (χ4v) is 3.21. The van der Waals surface area contributed by atoms with E-state index in [1.54, 1.807) is 6.08 Å². The van der Waals surface area contributed by atoms with Crippen LogP contribution in [0, 0.1) is 5.41 Å². The zero-order valence-electron chi connectivity index (χ0n) is 14.2. The number of carbonyl (C=O) groups excluding carboxylic acids is 3. The second-order valence-corrected chi connectivity index (χ2v) is 5.86. The number of methoxy groups -OCH3 is 3. The fraction of sp³-hybridized carbons (Fsp3) is 0.500. The molecule has 2 rings (SSSR count). The second-order valence-electron chi connectivity index (χ2n) is 5.86. The third-order valence-electron chi connectivity index (χ3n) is 4.44. The van der Waals surface area contributed by atoms with Gasteiger partial charge in [-0.3, -0.25) is 9.59 Å². The Morgan fingerprint density at radius 1 is 1.04 bits per heavy atom. The highest BCUT2D eigenvalue weighted by Crippen LogP contribution is 2.46. The quantitative estimate of drug-likeness (QED) is 0.340. The van der Waals surface area contributed by atoms with Gasteiger partial charge in [-0.25, -0.2) is 4.79 Å². The molecule has 6 nitrogen and oxygen atoms in total. The maximum Gasteiger partial charge on any atom is 0.330 e. The van der Waals surface area contributed by atoms with Crippen LogP contribution >= 0.6 is 0 Å². The lowest BCUT2D eigenvalue weighted by Crippen LogP contribution is -2.38. The smallest absolute Gasteiger partial charge is 0.330 e. The molecule has 0 unspecified atom stereocenters. The molecule has 0 atom stereocenters. The molecule has 0 bridgehead atoms. The lowest BCUT2D eigenvalue weighted by molar-refractivity contribution is -0.164. The standard InChI is InChI=1S/C18H22O6/c1-22-15(19)9-13-10-18(16(20)23-2,17(21)24-3)11-14(13)12-7-5-4-6-8-12/h7,9,11H,4-6,8,10H2,1-3H3/b13-9+. The van der Waals surface area contributed by atoms with E-state index in [0.29, 0.717) is 5.57 Å². The average molecular weight is 334 g/mol. The van der Waals surface area contributed by atoms with Crippen molar-refractivity contribution in [1.82, 2.24) is 0 Å². The molecule has 0 aromatic heterocycles. The van der Waals surface area contributed by atoms with E-state index in [2.05, 4.69) is 6.08 Å². The predicted octanol–water partition coefficient (Wildman–Crippen LogP) is 2.25. The molecule has 0 heterocycles. The van der Waals surface area contributed by atoms with Crippen molar-refractivity contribution in [2.75, 3.05) is 21.3 Å². The van der Waals surface area contributed by atoms with Crippen LogP contribution in [0.4, 0.5) is 0 Å². The molecule has 24 heavy (non-hydrogen) atoms. The SMILES string of the molecule is COC(=O)/C=C1\CC(C(=O)OC)(C(=O)OC)C=C1C1=CCCCC1. The van der Waals surface area contributed by atoms with Crippen LogP contribution in [-0.2, 0) is 28.6 Å².